The van der Waals surface area contributed by atoms with Crippen molar-refractivity contribution in [2.75, 3.05) is 25.0 Å². The van der Waals surface area contributed by atoms with Crippen LogP contribution < -0.4 is 16.0 Å². The van der Waals surface area contributed by atoms with Gasteiger partial charge in [-0.25, -0.2) is 0 Å². The molecule has 0 bridgehead atoms. The van der Waals surface area contributed by atoms with Crippen LogP contribution in [0.5, 0.6) is 0 Å². The van der Waals surface area contributed by atoms with Crippen molar-refractivity contribution in [1.29, 1.82) is 0 Å². The molecule has 1 aromatic carbocycles. The second-order valence-electron chi connectivity index (χ2n) is 4.95. The van der Waals surface area contributed by atoms with Crippen LogP contribution in [-0.2, 0) is 6.54 Å². The van der Waals surface area contributed by atoms with Gasteiger partial charge in [-0.2, -0.15) is 0 Å². The average molecular weight is 303 g/mol. The number of nitrogens with one attached hydrogen (secondary N) is 1. The monoisotopic (exact) mass is 303 g/mol. The largest absolute Gasteiger partial charge is 0.375 e. The van der Waals surface area contributed by atoms with Crippen molar-refractivity contribution >= 4 is 22.9 Å². The average Bonchev–Trinajstić information content (AvgIpc) is 2.97. The number of thiophene rings is 1. The van der Waals surface area contributed by atoms with Gasteiger partial charge in [0.05, 0.1) is 5.56 Å². The molecule has 0 unspecified atom stereocenters. The van der Waals surface area contributed by atoms with E-state index in [1.54, 1.807) is 11.3 Å². The molecule has 21 heavy (non-hydrogen) atoms. The third kappa shape index (κ3) is 4.88. The molecule has 1 amide bonds. The number of carbonyl (C=O) groups is 1. The van der Waals surface area contributed by atoms with Gasteiger partial charge in [-0.15, -0.1) is 11.3 Å². The Morgan fingerprint density at radius 3 is 2.76 bits per heavy atom. The minimum absolute atomic E-state index is 0.359. The van der Waals surface area contributed by atoms with Gasteiger partial charge in [0, 0.05) is 36.1 Å². The first kappa shape index (κ1) is 15.5. The number of primary amides is 1. The first-order chi connectivity index (χ1) is 10.2. The molecule has 0 aliphatic carbocycles. The van der Waals surface area contributed by atoms with E-state index in [1.165, 1.54) is 5.69 Å². The number of para-hydroxylation sites is 1. The standard InChI is InChI=1S/C16H21N3OS/c1-19(14-6-3-2-4-7-14)9-5-8-18-11-15-10-13(12-21-15)16(17)20/h2-4,6-7,10,12,18H,5,8-9,11H2,1H3,(H2,17,20). The number of benzene rings is 1. The molecule has 3 N–H and O–H groups in total. The van der Waals surface area contributed by atoms with Crippen molar-refractivity contribution < 1.29 is 4.79 Å². The molecule has 2 rings (SSSR count). The van der Waals surface area contributed by atoms with Gasteiger partial charge in [0.25, 0.3) is 0 Å². The number of amides is 1. The zero-order valence-corrected chi connectivity index (χ0v) is 13.0. The van der Waals surface area contributed by atoms with Crippen LogP contribution in [0.15, 0.2) is 41.8 Å². The summed E-state index contributed by atoms with van der Waals surface area (Å²) >= 11 is 1.57. The van der Waals surface area contributed by atoms with E-state index in [1.807, 2.05) is 17.5 Å². The SMILES string of the molecule is CN(CCCNCc1cc(C(N)=O)cs1)c1ccccc1. The van der Waals surface area contributed by atoms with E-state index in [2.05, 4.69) is 41.5 Å². The molecule has 0 atom stereocenters. The van der Waals surface area contributed by atoms with Crippen molar-refractivity contribution in [1.82, 2.24) is 5.32 Å². The Balaban J connectivity index is 1.64. The summed E-state index contributed by atoms with van der Waals surface area (Å²) in [7, 11) is 2.10. The topological polar surface area (TPSA) is 58.4 Å². The Labute approximate surface area is 129 Å². The van der Waals surface area contributed by atoms with Gasteiger partial charge in [-0.3, -0.25) is 4.79 Å². The first-order valence-corrected chi connectivity index (χ1v) is 7.89. The lowest BCUT2D eigenvalue weighted by atomic mass is 10.3. The highest BCUT2D eigenvalue weighted by Crippen LogP contribution is 2.14. The Hall–Kier alpha value is -1.85. The summed E-state index contributed by atoms with van der Waals surface area (Å²) in [4.78, 5) is 14.4. The van der Waals surface area contributed by atoms with Crippen LogP contribution in [0, 0.1) is 0 Å². The number of hydrogen-bond acceptors (Lipinski definition) is 4. The lowest BCUT2D eigenvalue weighted by Crippen LogP contribution is -2.23. The molecule has 0 aliphatic rings. The molecule has 5 heteroatoms. The maximum atomic E-state index is 11.0. The van der Waals surface area contributed by atoms with Gasteiger partial charge in [-0.1, -0.05) is 18.2 Å². The molecule has 0 saturated heterocycles. The normalized spacial score (nSPS) is 10.5. The van der Waals surface area contributed by atoms with Crippen molar-refractivity contribution in [2.45, 2.75) is 13.0 Å². The van der Waals surface area contributed by atoms with Crippen molar-refractivity contribution in [3.05, 3.63) is 52.2 Å². The van der Waals surface area contributed by atoms with Gasteiger partial charge < -0.3 is 16.0 Å². The second-order valence-corrected chi connectivity index (χ2v) is 5.95. The Kier molecular flexibility index (Phi) is 5.78. The lowest BCUT2D eigenvalue weighted by Gasteiger charge is -2.19. The number of anilines is 1. The molecule has 0 saturated carbocycles. The van der Waals surface area contributed by atoms with Crippen LogP contribution in [0.3, 0.4) is 0 Å². The molecule has 0 aliphatic heterocycles. The van der Waals surface area contributed by atoms with E-state index in [4.69, 9.17) is 5.73 Å². The van der Waals surface area contributed by atoms with E-state index < -0.39 is 0 Å². The first-order valence-electron chi connectivity index (χ1n) is 7.01. The fraction of sp³-hybridized carbons (Fsp3) is 0.312. The zero-order valence-electron chi connectivity index (χ0n) is 12.2. The molecular weight excluding hydrogens is 282 g/mol. The number of carbonyl (C=O) groups excluding carboxylic acids is 1. The number of rotatable bonds is 8. The van der Waals surface area contributed by atoms with Gasteiger partial charge in [0.2, 0.25) is 5.91 Å². The van der Waals surface area contributed by atoms with E-state index >= 15 is 0 Å². The molecule has 0 fully saturated rings. The van der Waals surface area contributed by atoms with Crippen molar-refractivity contribution in [3.63, 3.8) is 0 Å². The van der Waals surface area contributed by atoms with Gasteiger partial charge >= 0.3 is 0 Å². The van der Waals surface area contributed by atoms with Gasteiger partial charge in [0.1, 0.15) is 0 Å². The summed E-state index contributed by atoms with van der Waals surface area (Å²) < 4.78 is 0. The lowest BCUT2D eigenvalue weighted by molar-refractivity contribution is 0.100. The molecule has 0 spiro atoms. The van der Waals surface area contributed by atoms with Crippen LogP contribution in [0.2, 0.25) is 0 Å². The predicted octanol–water partition coefficient (Wildman–Crippen LogP) is 2.46. The molecule has 112 valence electrons. The summed E-state index contributed by atoms with van der Waals surface area (Å²) in [6.45, 7) is 2.74. The Morgan fingerprint density at radius 2 is 2.10 bits per heavy atom. The third-order valence-corrected chi connectivity index (χ3v) is 4.22. The highest BCUT2D eigenvalue weighted by Gasteiger charge is 2.04. The summed E-state index contributed by atoms with van der Waals surface area (Å²) in [6, 6.07) is 12.2. The van der Waals surface area contributed by atoms with E-state index in [9.17, 15) is 4.79 Å². The fourth-order valence-corrected chi connectivity index (χ4v) is 2.91. The molecule has 0 radical (unpaired) electrons. The maximum Gasteiger partial charge on any atom is 0.249 e. The van der Waals surface area contributed by atoms with E-state index in [-0.39, 0.29) is 5.91 Å². The number of nitrogens with zero attached hydrogens (tertiary/aromatic N) is 1. The molecule has 4 nitrogen and oxygen atoms in total. The van der Waals surface area contributed by atoms with Crippen LogP contribution in [-0.4, -0.2) is 26.0 Å². The summed E-state index contributed by atoms with van der Waals surface area (Å²) in [6.07, 6.45) is 1.07. The Morgan fingerprint density at radius 1 is 1.33 bits per heavy atom. The molecular formula is C16H21N3OS. The van der Waals surface area contributed by atoms with Crippen LogP contribution in [0.1, 0.15) is 21.7 Å². The molecule has 1 heterocycles. The molecule has 1 aromatic heterocycles. The zero-order chi connectivity index (χ0) is 15.1. The van der Waals surface area contributed by atoms with Crippen LogP contribution in [0.4, 0.5) is 5.69 Å². The summed E-state index contributed by atoms with van der Waals surface area (Å²) in [5.74, 6) is -0.359. The number of nitrogens with two attached hydrogens (primary N) is 1. The van der Waals surface area contributed by atoms with Gasteiger partial charge in [-0.05, 0) is 31.2 Å². The fourth-order valence-electron chi connectivity index (χ4n) is 2.07. The maximum absolute atomic E-state index is 11.0. The van der Waals surface area contributed by atoms with Gasteiger partial charge in [0.15, 0.2) is 0 Å². The highest BCUT2D eigenvalue weighted by atomic mass is 32.1. The highest BCUT2D eigenvalue weighted by molar-refractivity contribution is 7.10. The third-order valence-electron chi connectivity index (χ3n) is 3.28. The predicted molar refractivity (Wildman–Crippen MR) is 88.9 cm³/mol. The van der Waals surface area contributed by atoms with E-state index in [0.717, 1.165) is 30.9 Å². The smallest absolute Gasteiger partial charge is 0.249 e. The summed E-state index contributed by atoms with van der Waals surface area (Å²) in [5, 5.41) is 5.20. The quantitative estimate of drug-likeness (QED) is 0.737. The van der Waals surface area contributed by atoms with E-state index in [0.29, 0.717) is 5.56 Å². The minimum atomic E-state index is -0.359. The summed E-state index contributed by atoms with van der Waals surface area (Å²) in [5.41, 5.74) is 7.07. The minimum Gasteiger partial charge on any atom is -0.375 e. The van der Waals surface area contributed by atoms with Crippen LogP contribution >= 0.6 is 11.3 Å². The van der Waals surface area contributed by atoms with Crippen LogP contribution in [0.25, 0.3) is 0 Å². The Bertz CT molecular complexity index is 568. The van der Waals surface area contributed by atoms with Crippen molar-refractivity contribution in [2.24, 2.45) is 5.73 Å². The number of hydrogen-bond donors (Lipinski definition) is 2. The van der Waals surface area contributed by atoms with Crippen molar-refractivity contribution in [3.8, 4) is 0 Å². The molecule has 2 aromatic rings. The second kappa shape index (κ2) is 7.81.